The number of benzene rings is 1. The first-order valence-corrected chi connectivity index (χ1v) is 8.67. The van der Waals surface area contributed by atoms with Crippen molar-refractivity contribution in [3.8, 4) is 11.5 Å². The Kier molecular flexibility index (Phi) is 6.84. The fraction of sp³-hybridized carbons (Fsp3) is 0.375. The Morgan fingerprint density at radius 1 is 1.23 bits per heavy atom. The molecule has 0 aliphatic carbocycles. The zero-order chi connectivity index (χ0) is 19.1. The number of carbonyl (C=O) groups excluding carboxylic acids is 2. The normalized spacial score (nSPS) is 11.5. The molecule has 1 atom stereocenters. The van der Waals surface area contributed by atoms with E-state index in [0.29, 0.717) is 16.7 Å². The molecular weight excluding hydrogens is 358 g/mol. The van der Waals surface area contributed by atoms with E-state index in [4.69, 9.17) is 9.47 Å². The van der Waals surface area contributed by atoms with Crippen molar-refractivity contribution in [3.05, 3.63) is 30.1 Å². The van der Waals surface area contributed by atoms with E-state index in [-0.39, 0.29) is 6.61 Å². The third-order valence-corrected chi connectivity index (χ3v) is 4.60. The van der Waals surface area contributed by atoms with Crippen molar-refractivity contribution in [2.75, 3.05) is 14.2 Å². The quantitative estimate of drug-likeness (QED) is 0.699. The Hall–Kier alpha value is -2.75. The Morgan fingerprint density at radius 2 is 1.88 bits per heavy atom. The molecule has 140 valence electrons. The SMILES string of the molecule is CNC(=O)NC(=O)[C@H](C)Sc1nnc(COc2ccc(OC)cc2)n1C. The van der Waals surface area contributed by atoms with Crippen LogP contribution in [0.4, 0.5) is 4.79 Å². The van der Waals surface area contributed by atoms with Gasteiger partial charge in [0.05, 0.1) is 12.4 Å². The maximum absolute atomic E-state index is 11.9. The minimum absolute atomic E-state index is 0.231. The Balaban J connectivity index is 1.93. The van der Waals surface area contributed by atoms with Crippen LogP contribution in [0, 0.1) is 0 Å². The van der Waals surface area contributed by atoms with Crippen LogP contribution in [0.15, 0.2) is 29.4 Å². The lowest BCUT2D eigenvalue weighted by molar-refractivity contribution is -0.119. The molecule has 0 unspecified atom stereocenters. The van der Waals surface area contributed by atoms with E-state index in [1.807, 2.05) is 0 Å². The van der Waals surface area contributed by atoms with E-state index in [1.54, 1.807) is 49.9 Å². The fourth-order valence-corrected chi connectivity index (χ4v) is 2.71. The number of imide groups is 1. The molecule has 2 N–H and O–H groups in total. The first-order valence-electron chi connectivity index (χ1n) is 7.79. The van der Waals surface area contributed by atoms with Crippen molar-refractivity contribution in [1.82, 2.24) is 25.4 Å². The molecule has 3 amide bonds. The lowest BCUT2D eigenvalue weighted by Gasteiger charge is -2.11. The van der Waals surface area contributed by atoms with Crippen LogP contribution in [-0.4, -0.2) is 46.1 Å². The predicted molar refractivity (Wildman–Crippen MR) is 96.2 cm³/mol. The highest BCUT2D eigenvalue weighted by Crippen LogP contribution is 2.22. The Morgan fingerprint density at radius 3 is 2.50 bits per heavy atom. The lowest BCUT2D eigenvalue weighted by atomic mass is 10.3. The van der Waals surface area contributed by atoms with Gasteiger partial charge in [0.15, 0.2) is 11.0 Å². The molecule has 0 aliphatic rings. The molecule has 1 aromatic heterocycles. The number of nitrogens with one attached hydrogen (secondary N) is 2. The zero-order valence-corrected chi connectivity index (χ0v) is 15.8. The Bertz CT molecular complexity index is 763. The number of hydrogen-bond acceptors (Lipinski definition) is 7. The number of ether oxygens (including phenoxy) is 2. The second kappa shape index (κ2) is 9.09. The summed E-state index contributed by atoms with van der Waals surface area (Å²) in [6.07, 6.45) is 0. The number of nitrogens with zero attached hydrogens (tertiary/aromatic N) is 3. The second-order valence-corrected chi connectivity index (χ2v) is 6.56. The number of amides is 3. The molecular formula is C16H21N5O4S. The predicted octanol–water partition coefficient (Wildman–Crippen LogP) is 1.34. The van der Waals surface area contributed by atoms with Crippen molar-refractivity contribution in [1.29, 1.82) is 0 Å². The Labute approximate surface area is 155 Å². The van der Waals surface area contributed by atoms with Gasteiger partial charge in [-0.1, -0.05) is 11.8 Å². The van der Waals surface area contributed by atoms with Gasteiger partial charge in [-0.25, -0.2) is 4.79 Å². The number of thioether (sulfide) groups is 1. The molecule has 0 bridgehead atoms. The van der Waals surface area contributed by atoms with E-state index >= 15 is 0 Å². The van der Waals surface area contributed by atoms with Gasteiger partial charge < -0.3 is 19.4 Å². The molecule has 0 saturated carbocycles. The molecule has 9 nitrogen and oxygen atoms in total. The summed E-state index contributed by atoms with van der Waals surface area (Å²) < 4.78 is 12.5. The van der Waals surface area contributed by atoms with Crippen LogP contribution in [-0.2, 0) is 18.4 Å². The topological polar surface area (TPSA) is 107 Å². The minimum Gasteiger partial charge on any atom is -0.497 e. The van der Waals surface area contributed by atoms with E-state index < -0.39 is 17.2 Å². The fourth-order valence-electron chi connectivity index (χ4n) is 1.88. The van der Waals surface area contributed by atoms with Crippen LogP contribution in [0.2, 0.25) is 0 Å². The molecule has 2 rings (SSSR count). The molecule has 0 saturated heterocycles. The third-order valence-electron chi connectivity index (χ3n) is 3.47. The monoisotopic (exact) mass is 379 g/mol. The summed E-state index contributed by atoms with van der Waals surface area (Å²) in [7, 11) is 4.83. The first-order chi connectivity index (χ1) is 12.4. The summed E-state index contributed by atoms with van der Waals surface area (Å²) >= 11 is 1.20. The van der Waals surface area contributed by atoms with Crippen LogP contribution in [0.3, 0.4) is 0 Å². The lowest BCUT2D eigenvalue weighted by Crippen LogP contribution is -2.41. The summed E-state index contributed by atoms with van der Waals surface area (Å²) in [6, 6.07) is 6.67. The molecule has 1 aromatic carbocycles. The van der Waals surface area contributed by atoms with Crippen molar-refractivity contribution in [3.63, 3.8) is 0 Å². The summed E-state index contributed by atoms with van der Waals surface area (Å²) in [5.41, 5.74) is 0. The number of rotatable bonds is 7. The van der Waals surface area contributed by atoms with Crippen molar-refractivity contribution in [2.24, 2.45) is 7.05 Å². The van der Waals surface area contributed by atoms with Gasteiger partial charge in [0.2, 0.25) is 5.91 Å². The van der Waals surface area contributed by atoms with Crippen molar-refractivity contribution in [2.45, 2.75) is 23.9 Å². The molecule has 10 heteroatoms. The van der Waals surface area contributed by atoms with E-state index in [1.165, 1.54) is 18.8 Å². The molecule has 0 aliphatic heterocycles. The molecule has 0 radical (unpaired) electrons. The average Bonchev–Trinajstić information content (AvgIpc) is 2.99. The standard InChI is InChI=1S/C16H21N5O4S/c1-10(14(22)18-15(23)17-2)26-16-20-19-13(21(16)3)9-25-12-7-5-11(24-4)6-8-12/h5-8,10H,9H2,1-4H3,(H2,17,18,22,23)/t10-/m0/s1. The minimum atomic E-state index is -0.547. The van der Waals surface area contributed by atoms with Gasteiger partial charge in [0, 0.05) is 14.1 Å². The van der Waals surface area contributed by atoms with Crippen LogP contribution >= 0.6 is 11.8 Å². The van der Waals surface area contributed by atoms with Crippen LogP contribution in [0.25, 0.3) is 0 Å². The maximum Gasteiger partial charge on any atom is 0.321 e. The number of methoxy groups -OCH3 is 1. The van der Waals surface area contributed by atoms with Gasteiger partial charge in [0.1, 0.15) is 18.1 Å². The summed E-state index contributed by atoms with van der Waals surface area (Å²) in [4.78, 5) is 23.1. The number of hydrogen-bond donors (Lipinski definition) is 2. The van der Waals surface area contributed by atoms with Gasteiger partial charge >= 0.3 is 6.03 Å². The number of carbonyl (C=O) groups is 2. The molecule has 2 aromatic rings. The van der Waals surface area contributed by atoms with Gasteiger partial charge in [-0.2, -0.15) is 0 Å². The maximum atomic E-state index is 11.9. The second-order valence-electron chi connectivity index (χ2n) is 5.25. The molecule has 0 spiro atoms. The van der Waals surface area contributed by atoms with Gasteiger partial charge in [-0.15, -0.1) is 10.2 Å². The van der Waals surface area contributed by atoms with E-state index in [9.17, 15) is 9.59 Å². The summed E-state index contributed by atoms with van der Waals surface area (Å²) in [5.74, 6) is 1.63. The van der Waals surface area contributed by atoms with E-state index in [2.05, 4.69) is 20.8 Å². The molecule has 0 fully saturated rings. The van der Waals surface area contributed by atoms with Crippen molar-refractivity contribution >= 4 is 23.7 Å². The zero-order valence-electron chi connectivity index (χ0n) is 15.0. The highest BCUT2D eigenvalue weighted by molar-refractivity contribution is 8.00. The summed E-state index contributed by atoms with van der Waals surface area (Å²) in [5, 5.41) is 12.8. The summed E-state index contributed by atoms with van der Waals surface area (Å²) in [6.45, 7) is 1.92. The van der Waals surface area contributed by atoms with Crippen LogP contribution in [0.1, 0.15) is 12.7 Å². The third kappa shape index (κ3) is 5.12. The van der Waals surface area contributed by atoms with Crippen LogP contribution in [0.5, 0.6) is 11.5 Å². The molecule has 1 heterocycles. The van der Waals surface area contributed by atoms with Gasteiger partial charge in [-0.3, -0.25) is 10.1 Å². The van der Waals surface area contributed by atoms with Crippen molar-refractivity contribution < 1.29 is 19.1 Å². The molecule has 26 heavy (non-hydrogen) atoms. The van der Waals surface area contributed by atoms with Gasteiger partial charge in [-0.05, 0) is 31.2 Å². The number of aromatic nitrogens is 3. The largest absolute Gasteiger partial charge is 0.497 e. The average molecular weight is 379 g/mol. The van der Waals surface area contributed by atoms with E-state index in [0.717, 1.165) is 5.75 Å². The number of urea groups is 1. The highest BCUT2D eigenvalue weighted by atomic mass is 32.2. The smallest absolute Gasteiger partial charge is 0.321 e. The van der Waals surface area contributed by atoms with Gasteiger partial charge in [0.25, 0.3) is 0 Å². The highest BCUT2D eigenvalue weighted by Gasteiger charge is 2.20. The first kappa shape index (κ1) is 19.6. The van der Waals surface area contributed by atoms with Crippen LogP contribution < -0.4 is 20.1 Å².